The molecular weight excluding hydrogens is 202 g/mol. The van der Waals surface area contributed by atoms with Crippen molar-refractivity contribution in [1.82, 2.24) is 4.90 Å². The number of hydrogen-bond acceptors (Lipinski definition) is 3. The molecule has 1 aliphatic rings. The van der Waals surface area contributed by atoms with Crippen molar-refractivity contribution in [2.75, 3.05) is 18.1 Å². The number of nitrogens with zero attached hydrogens (tertiary/aromatic N) is 1. The number of rotatable bonds is 3. The topological polar surface area (TPSA) is 57.6 Å². The Morgan fingerprint density at radius 2 is 2.21 bits per heavy atom. The number of amides is 1. The van der Waals surface area contributed by atoms with E-state index in [-0.39, 0.29) is 5.91 Å². The van der Waals surface area contributed by atoms with Crippen LogP contribution in [-0.4, -0.2) is 45.5 Å². The second kappa shape index (κ2) is 4.21. The van der Waals surface area contributed by atoms with E-state index >= 15 is 0 Å². The molecule has 1 unspecified atom stereocenters. The van der Waals surface area contributed by atoms with Gasteiger partial charge in [-0.25, -0.2) is 4.79 Å². The number of carboxylic acid groups (broad SMARTS) is 1. The van der Waals surface area contributed by atoms with E-state index in [2.05, 4.69) is 0 Å². The third-order valence-electron chi connectivity index (χ3n) is 2.61. The quantitative estimate of drug-likeness (QED) is 0.760. The van der Waals surface area contributed by atoms with Gasteiger partial charge >= 0.3 is 5.97 Å². The molecule has 0 aromatic rings. The molecule has 1 rings (SSSR count). The highest BCUT2D eigenvalue weighted by molar-refractivity contribution is 7.99. The summed E-state index contributed by atoms with van der Waals surface area (Å²) in [4.78, 5) is 24.0. The van der Waals surface area contributed by atoms with Crippen LogP contribution < -0.4 is 0 Å². The molecule has 1 N–H and O–H groups in total. The Morgan fingerprint density at radius 1 is 1.57 bits per heavy atom. The van der Waals surface area contributed by atoms with E-state index in [1.54, 1.807) is 11.8 Å². The maximum Gasteiger partial charge on any atom is 0.330 e. The van der Waals surface area contributed by atoms with Gasteiger partial charge in [0.25, 0.3) is 0 Å². The monoisotopic (exact) mass is 217 g/mol. The molecule has 0 aromatic heterocycles. The SMILES string of the molecule is CCN(C(C)=O)C1(C(=O)O)CCSC1. The number of carbonyl (C=O) groups is 2. The molecule has 1 atom stereocenters. The summed E-state index contributed by atoms with van der Waals surface area (Å²) in [5, 5.41) is 9.21. The van der Waals surface area contributed by atoms with Gasteiger partial charge in [-0.05, 0) is 19.1 Å². The molecule has 80 valence electrons. The van der Waals surface area contributed by atoms with Gasteiger partial charge in [-0.15, -0.1) is 0 Å². The van der Waals surface area contributed by atoms with Gasteiger partial charge < -0.3 is 10.0 Å². The second-order valence-electron chi connectivity index (χ2n) is 3.40. The zero-order valence-corrected chi connectivity index (χ0v) is 9.26. The summed E-state index contributed by atoms with van der Waals surface area (Å²) in [5.41, 5.74) is -0.953. The van der Waals surface area contributed by atoms with Crippen molar-refractivity contribution in [2.45, 2.75) is 25.8 Å². The first-order valence-electron chi connectivity index (χ1n) is 4.64. The minimum atomic E-state index is -0.953. The van der Waals surface area contributed by atoms with Gasteiger partial charge in [0.05, 0.1) is 0 Å². The Hall–Kier alpha value is -0.710. The van der Waals surface area contributed by atoms with E-state index in [9.17, 15) is 14.7 Å². The van der Waals surface area contributed by atoms with E-state index in [1.807, 2.05) is 6.92 Å². The molecule has 1 saturated heterocycles. The molecule has 4 nitrogen and oxygen atoms in total. The van der Waals surface area contributed by atoms with Gasteiger partial charge in [-0.2, -0.15) is 11.8 Å². The molecule has 0 radical (unpaired) electrons. The number of aliphatic carboxylic acids is 1. The summed E-state index contributed by atoms with van der Waals surface area (Å²) in [7, 11) is 0. The van der Waals surface area contributed by atoms with Crippen LogP contribution in [0.15, 0.2) is 0 Å². The highest BCUT2D eigenvalue weighted by Gasteiger charge is 2.47. The van der Waals surface area contributed by atoms with Crippen molar-refractivity contribution < 1.29 is 14.7 Å². The van der Waals surface area contributed by atoms with E-state index < -0.39 is 11.5 Å². The maximum absolute atomic E-state index is 11.3. The summed E-state index contributed by atoms with van der Waals surface area (Å²) in [6, 6.07) is 0. The highest BCUT2D eigenvalue weighted by Crippen LogP contribution is 2.33. The summed E-state index contributed by atoms with van der Waals surface area (Å²) in [6.07, 6.45) is 0.556. The molecule has 1 aliphatic heterocycles. The summed E-state index contributed by atoms with van der Waals surface area (Å²) in [6.45, 7) is 3.70. The Morgan fingerprint density at radius 3 is 2.50 bits per heavy atom. The van der Waals surface area contributed by atoms with Crippen molar-refractivity contribution in [1.29, 1.82) is 0 Å². The smallest absolute Gasteiger partial charge is 0.330 e. The largest absolute Gasteiger partial charge is 0.479 e. The molecule has 5 heteroatoms. The lowest BCUT2D eigenvalue weighted by Gasteiger charge is -2.35. The fourth-order valence-corrected chi connectivity index (χ4v) is 3.27. The zero-order chi connectivity index (χ0) is 10.8. The molecule has 0 aromatic carbocycles. The van der Waals surface area contributed by atoms with Crippen LogP contribution in [0.25, 0.3) is 0 Å². The maximum atomic E-state index is 11.3. The Balaban J connectivity index is 2.96. The van der Waals surface area contributed by atoms with Crippen molar-refractivity contribution in [3.05, 3.63) is 0 Å². The van der Waals surface area contributed by atoms with E-state index in [4.69, 9.17) is 0 Å². The van der Waals surface area contributed by atoms with Crippen LogP contribution in [0, 0.1) is 0 Å². The molecule has 0 aliphatic carbocycles. The first kappa shape index (κ1) is 11.4. The molecule has 0 bridgehead atoms. The molecule has 14 heavy (non-hydrogen) atoms. The van der Waals surface area contributed by atoms with Crippen LogP contribution >= 0.6 is 11.8 Å². The van der Waals surface area contributed by atoms with Gasteiger partial charge in [0.15, 0.2) is 0 Å². The first-order valence-corrected chi connectivity index (χ1v) is 5.79. The molecular formula is C9H15NO3S. The Labute approximate surface area is 87.7 Å². The van der Waals surface area contributed by atoms with Crippen LogP contribution in [0.1, 0.15) is 20.3 Å². The van der Waals surface area contributed by atoms with Crippen LogP contribution in [0.3, 0.4) is 0 Å². The van der Waals surface area contributed by atoms with Gasteiger partial charge in [0, 0.05) is 19.2 Å². The molecule has 0 saturated carbocycles. The third-order valence-corrected chi connectivity index (χ3v) is 3.79. The van der Waals surface area contributed by atoms with E-state index in [0.29, 0.717) is 18.7 Å². The summed E-state index contributed by atoms with van der Waals surface area (Å²) >= 11 is 1.60. The van der Waals surface area contributed by atoms with Crippen LogP contribution in [0.2, 0.25) is 0 Å². The van der Waals surface area contributed by atoms with Crippen LogP contribution in [-0.2, 0) is 9.59 Å². The highest BCUT2D eigenvalue weighted by atomic mass is 32.2. The zero-order valence-electron chi connectivity index (χ0n) is 8.45. The fraction of sp³-hybridized carbons (Fsp3) is 0.778. The van der Waals surface area contributed by atoms with E-state index in [0.717, 1.165) is 5.75 Å². The average molecular weight is 217 g/mol. The molecule has 1 fully saturated rings. The summed E-state index contributed by atoms with van der Waals surface area (Å²) in [5.74, 6) is 0.295. The lowest BCUT2D eigenvalue weighted by atomic mass is 9.96. The second-order valence-corrected chi connectivity index (χ2v) is 4.51. The molecule has 1 amide bonds. The molecule has 0 spiro atoms. The number of hydrogen-bond donors (Lipinski definition) is 1. The van der Waals surface area contributed by atoms with Crippen LogP contribution in [0.5, 0.6) is 0 Å². The normalized spacial score (nSPS) is 26.1. The average Bonchev–Trinajstić information content (AvgIpc) is 2.54. The standard InChI is InChI=1S/C9H15NO3S/c1-3-10(7(2)11)9(8(12)13)4-5-14-6-9/h3-6H2,1-2H3,(H,12,13). The van der Waals surface area contributed by atoms with Crippen molar-refractivity contribution >= 4 is 23.6 Å². The van der Waals surface area contributed by atoms with Gasteiger partial charge in [0.2, 0.25) is 5.91 Å². The van der Waals surface area contributed by atoms with Crippen molar-refractivity contribution in [3.63, 3.8) is 0 Å². The van der Waals surface area contributed by atoms with Gasteiger partial charge in [0.1, 0.15) is 5.54 Å². The number of carbonyl (C=O) groups excluding carboxylic acids is 1. The number of thioether (sulfide) groups is 1. The number of carboxylic acids is 1. The van der Waals surface area contributed by atoms with Gasteiger partial charge in [-0.1, -0.05) is 0 Å². The fourth-order valence-electron chi connectivity index (χ4n) is 1.88. The lowest BCUT2D eigenvalue weighted by Crippen LogP contribution is -2.56. The van der Waals surface area contributed by atoms with Crippen molar-refractivity contribution in [2.24, 2.45) is 0 Å². The first-order chi connectivity index (χ1) is 6.54. The van der Waals surface area contributed by atoms with Crippen LogP contribution in [0.4, 0.5) is 0 Å². The minimum absolute atomic E-state index is 0.155. The number of likely N-dealkylation sites (N-methyl/N-ethyl adjacent to an activating group) is 1. The third kappa shape index (κ3) is 1.73. The molecule has 1 heterocycles. The predicted octanol–water partition coefficient (Wildman–Crippen LogP) is 0.815. The minimum Gasteiger partial charge on any atom is -0.479 e. The predicted molar refractivity (Wildman–Crippen MR) is 55.4 cm³/mol. The Kier molecular flexibility index (Phi) is 3.42. The van der Waals surface area contributed by atoms with Gasteiger partial charge in [-0.3, -0.25) is 4.79 Å². The lowest BCUT2D eigenvalue weighted by molar-refractivity contribution is -0.156. The Bertz CT molecular complexity index is 248. The van der Waals surface area contributed by atoms with Crippen molar-refractivity contribution in [3.8, 4) is 0 Å². The summed E-state index contributed by atoms with van der Waals surface area (Å²) < 4.78 is 0. The van der Waals surface area contributed by atoms with E-state index in [1.165, 1.54) is 11.8 Å².